The molecular weight excluding hydrogens is 266 g/mol. The van der Waals surface area contributed by atoms with Gasteiger partial charge in [-0.1, -0.05) is 12.1 Å². The van der Waals surface area contributed by atoms with Crippen molar-refractivity contribution in [3.8, 4) is 0 Å². The van der Waals surface area contributed by atoms with E-state index in [9.17, 15) is 4.79 Å². The van der Waals surface area contributed by atoms with E-state index in [0.717, 1.165) is 31.4 Å². The van der Waals surface area contributed by atoms with Crippen molar-refractivity contribution in [3.63, 3.8) is 0 Å². The summed E-state index contributed by atoms with van der Waals surface area (Å²) in [7, 11) is 0. The third-order valence-electron chi connectivity index (χ3n) is 4.06. The molecule has 2 aromatic rings. The lowest BCUT2D eigenvalue weighted by atomic mass is 9.98. The fraction of sp³-hybridized carbons (Fsp3) is 0.467. The van der Waals surface area contributed by atoms with Crippen molar-refractivity contribution >= 4 is 16.9 Å². The van der Waals surface area contributed by atoms with Crippen LogP contribution in [0.2, 0.25) is 0 Å². The van der Waals surface area contributed by atoms with Crippen LogP contribution in [0.4, 0.5) is 5.95 Å². The van der Waals surface area contributed by atoms with Crippen LogP contribution in [0.5, 0.6) is 0 Å². The van der Waals surface area contributed by atoms with Crippen molar-refractivity contribution in [2.75, 3.05) is 18.4 Å². The zero-order chi connectivity index (χ0) is 14.7. The molecular formula is C15H21N5O. The Kier molecular flexibility index (Phi) is 4.17. The first kappa shape index (κ1) is 14.0. The maximum atomic E-state index is 11.9. The van der Waals surface area contributed by atoms with E-state index in [4.69, 9.17) is 0 Å². The van der Waals surface area contributed by atoms with E-state index >= 15 is 0 Å². The van der Waals surface area contributed by atoms with E-state index < -0.39 is 0 Å². The molecule has 0 bridgehead atoms. The molecule has 1 aliphatic rings. The smallest absolute Gasteiger partial charge is 0.260 e. The van der Waals surface area contributed by atoms with E-state index in [0.29, 0.717) is 23.3 Å². The number of rotatable bonds is 5. The number of hydrazine groups is 1. The Morgan fingerprint density at radius 1 is 1.38 bits per heavy atom. The lowest BCUT2D eigenvalue weighted by molar-refractivity contribution is 0.452. The summed E-state index contributed by atoms with van der Waals surface area (Å²) in [5.74, 6) is 1.21. The van der Waals surface area contributed by atoms with Crippen LogP contribution in [0.3, 0.4) is 0 Å². The lowest BCUT2D eigenvalue weighted by Crippen LogP contribution is -2.28. The van der Waals surface area contributed by atoms with Crippen molar-refractivity contribution in [2.45, 2.75) is 25.8 Å². The van der Waals surface area contributed by atoms with Gasteiger partial charge in [0.15, 0.2) is 0 Å². The molecule has 6 heteroatoms. The van der Waals surface area contributed by atoms with E-state index in [-0.39, 0.29) is 5.56 Å². The number of nitrogens with zero attached hydrogens (tertiary/aromatic N) is 1. The standard InChI is InChI=1S/C15H21N5O/c1-10-11(9-17-20-10)5-4-8-16-15-18-13-7-3-2-6-12(13)14(21)19-15/h2-3,6-7,10-11,17,20H,4-5,8-9H2,1H3,(H2,16,18,19,21). The normalized spacial score (nSPS) is 21.8. The fourth-order valence-electron chi connectivity index (χ4n) is 2.74. The summed E-state index contributed by atoms with van der Waals surface area (Å²) >= 11 is 0. The minimum absolute atomic E-state index is 0.0964. The molecule has 1 saturated heterocycles. The third kappa shape index (κ3) is 3.22. The van der Waals surface area contributed by atoms with Crippen molar-refractivity contribution in [2.24, 2.45) is 5.92 Å². The first-order valence-corrected chi connectivity index (χ1v) is 7.45. The molecule has 2 atom stereocenters. The van der Waals surface area contributed by atoms with Crippen LogP contribution < -0.4 is 21.7 Å². The molecule has 1 aliphatic heterocycles. The predicted molar refractivity (Wildman–Crippen MR) is 84.2 cm³/mol. The number of aromatic amines is 1. The van der Waals surface area contributed by atoms with Gasteiger partial charge >= 0.3 is 0 Å². The average Bonchev–Trinajstić information content (AvgIpc) is 2.89. The molecule has 0 amide bonds. The van der Waals surface area contributed by atoms with Gasteiger partial charge in [0.05, 0.1) is 10.9 Å². The fourth-order valence-corrected chi connectivity index (χ4v) is 2.74. The molecule has 1 aromatic heterocycles. The number of anilines is 1. The molecule has 1 aromatic carbocycles. The first-order chi connectivity index (χ1) is 10.2. The SMILES string of the molecule is CC1NNCC1CCCNc1nc2ccccc2c(=O)[nH]1. The highest BCUT2D eigenvalue weighted by Crippen LogP contribution is 2.14. The molecule has 1 fully saturated rings. The first-order valence-electron chi connectivity index (χ1n) is 7.45. The highest BCUT2D eigenvalue weighted by atomic mass is 16.1. The summed E-state index contributed by atoms with van der Waals surface area (Å²) in [6, 6.07) is 7.89. The summed E-state index contributed by atoms with van der Waals surface area (Å²) in [4.78, 5) is 19.1. The number of nitrogens with one attached hydrogen (secondary N) is 4. The summed E-state index contributed by atoms with van der Waals surface area (Å²) in [6.45, 7) is 4.02. The van der Waals surface area contributed by atoms with Gasteiger partial charge in [0, 0.05) is 19.1 Å². The highest BCUT2D eigenvalue weighted by Gasteiger charge is 2.21. The van der Waals surface area contributed by atoms with Gasteiger partial charge in [-0.05, 0) is 37.8 Å². The Morgan fingerprint density at radius 3 is 3.05 bits per heavy atom. The van der Waals surface area contributed by atoms with Crippen LogP contribution in [-0.4, -0.2) is 29.1 Å². The van der Waals surface area contributed by atoms with Gasteiger partial charge in [0.2, 0.25) is 5.95 Å². The zero-order valence-electron chi connectivity index (χ0n) is 12.1. The van der Waals surface area contributed by atoms with Gasteiger partial charge < -0.3 is 5.32 Å². The number of hydrogen-bond acceptors (Lipinski definition) is 5. The second-order valence-corrected chi connectivity index (χ2v) is 5.57. The topological polar surface area (TPSA) is 81.8 Å². The van der Waals surface area contributed by atoms with Gasteiger partial charge in [0.1, 0.15) is 0 Å². The van der Waals surface area contributed by atoms with Crippen LogP contribution in [0.15, 0.2) is 29.1 Å². The minimum Gasteiger partial charge on any atom is -0.356 e. The van der Waals surface area contributed by atoms with Crippen molar-refractivity contribution < 1.29 is 0 Å². The predicted octanol–water partition coefficient (Wildman–Crippen LogP) is 1.23. The third-order valence-corrected chi connectivity index (χ3v) is 4.06. The number of H-pyrrole nitrogens is 1. The van der Waals surface area contributed by atoms with Gasteiger partial charge in [0.25, 0.3) is 5.56 Å². The van der Waals surface area contributed by atoms with E-state index in [1.165, 1.54) is 0 Å². The Bertz CT molecular complexity index is 668. The molecule has 0 saturated carbocycles. The summed E-state index contributed by atoms with van der Waals surface area (Å²) < 4.78 is 0. The summed E-state index contributed by atoms with van der Waals surface area (Å²) in [5.41, 5.74) is 7.03. The molecule has 0 aliphatic carbocycles. The van der Waals surface area contributed by atoms with Crippen LogP contribution >= 0.6 is 0 Å². The molecule has 21 heavy (non-hydrogen) atoms. The van der Waals surface area contributed by atoms with Crippen molar-refractivity contribution in [3.05, 3.63) is 34.6 Å². The average molecular weight is 287 g/mol. The molecule has 4 N–H and O–H groups in total. The van der Waals surface area contributed by atoms with E-state index in [1.807, 2.05) is 18.2 Å². The Hall–Kier alpha value is -1.92. The van der Waals surface area contributed by atoms with Crippen LogP contribution in [0.25, 0.3) is 10.9 Å². The van der Waals surface area contributed by atoms with Gasteiger partial charge in [-0.3, -0.25) is 20.6 Å². The van der Waals surface area contributed by atoms with Crippen LogP contribution in [0.1, 0.15) is 19.8 Å². The monoisotopic (exact) mass is 287 g/mol. The molecule has 112 valence electrons. The minimum atomic E-state index is -0.0964. The second-order valence-electron chi connectivity index (χ2n) is 5.57. The molecule has 0 radical (unpaired) electrons. The molecule has 0 spiro atoms. The van der Waals surface area contributed by atoms with E-state index in [2.05, 4.69) is 33.1 Å². The van der Waals surface area contributed by atoms with Gasteiger partial charge in [-0.2, -0.15) is 0 Å². The van der Waals surface area contributed by atoms with Crippen LogP contribution in [0, 0.1) is 5.92 Å². The lowest BCUT2D eigenvalue weighted by Gasteiger charge is -2.13. The number of fused-ring (bicyclic) bond motifs is 1. The largest absolute Gasteiger partial charge is 0.356 e. The van der Waals surface area contributed by atoms with Gasteiger partial charge in [-0.25, -0.2) is 4.98 Å². The Labute approximate surface area is 123 Å². The Balaban J connectivity index is 1.57. The number of para-hydroxylation sites is 1. The number of benzene rings is 1. The van der Waals surface area contributed by atoms with E-state index in [1.54, 1.807) is 6.07 Å². The maximum Gasteiger partial charge on any atom is 0.260 e. The zero-order valence-corrected chi connectivity index (χ0v) is 12.1. The van der Waals surface area contributed by atoms with Crippen LogP contribution in [-0.2, 0) is 0 Å². The molecule has 3 rings (SSSR count). The highest BCUT2D eigenvalue weighted by molar-refractivity contribution is 5.78. The molecule has 2 heterocycles. The van der Waals surface area contributed by atoms with Crippen molar-refractivity contribution in [1.29, 1.82) is 0 Å². The van der Waals surface area contributed by atoms with Crippen molar-refractivity contribution in [1.82, 2.24) is 20.8 Å². The Morgan fingerprint density at radius 2 is 2.24 bits per heavy atom. The summed E-state index contributed by atoms with van der Waals surface area (Å²) in [6.07, 6.45) is 2.20. The molecule has 2 unspecified atom stereocenters. The number of aromatic nitrogens is 2. The second kappa shape index (κ2) is 6.24. The van der Waals surface area contributed by atoms with Gasteiger partial charge in [-0.15, -0.1) is 0 Å². The molecule has 6 nitrogen and oxygen atoms in total. The quantitative estimate of drug-likeness (QED) is 0.622. The maximum absolute atomic E-state index is 11.9. The number of hydrogen-bond donors (Lipinski definition) is 4. The summed E-state index contributed by atoms with van der Waals surface area (Å²) in [5, 5.41) is 3.83.